The van der Waals surface area contributed by atoms with Crippen molar-refractivity contribution in [3.8, 4) is 0 Å². The average Bonchev–Trinajstić information content (AvgIpc) is 2.74. The van der Waals surface area contributed by atoms with E-state index in [0.717, 1.165) is 36.8 Å². The molecule has 0 fully saturated rings. The predicted molar refractivity (Wildman–Crippen MR) is 80.4 cm³/mol. The van der Waals surface area contributed by atoms with Crippen molar-refractivity contribution in [2.24, 2.45) is 4.99 Å². The number of esters is 1. The Morgan fingerprint density at radius 2 is 2.11 bits per heavy atom. The molecule has 0 N–H and O–H groups in total. The third-order valence-corrected chi connectivity index (χ3v) is 3.25. The molecule has 3 rings (SSSR count). The number of fused-ring (bicyclic) bond motifs is 3. The molecule has 0 amide bonds. The molecule has 2 aliphatic heterocycles. The minimum atomic E-state index is -0.250. The highest BCUT2D eigenvalue weighted by Gasteiger charge is 2.34. The fourth-order valence-corrected chi connectivity index (χ4v) is 2.43. The Morgan fingerprint density at radius 1 is 1.37 bits per heavy atom. The van der Waals surface area contributed by atoms with Gasteiger partial charge in [0.1, 0.15) is 6.54 Å². The Labute approximate surface area is 122 Å². The Kier molecular flexibility index (Phi) is 4.09. The fraction of sp³-hybridized carbons (Fsp3) is 0.385. The third kappa shape index (κ3) is 2.32. The van der Waals surface area contributed by atoms with Crippen molar-refractivity contribution >= 4 is 40.3 Å². The number of hydrogen-bond donors (Lipinski definition) is 0. The molecule has 2 heterocycles. The highest BCUT2D eigenvalue weighted by molar-refractivity contribution is 8.93. The number of halogens is 1. The molecule has 0 aliphatic carbocycles. The number of guanidine groups is 1. The van der Waals surface area contributed by atoms with Crippen molar-refractivity contribution in [1.82, 2.24) is 0 Å². The van der Waals surface area contributed by atoms with Crippen molar-refractivity contribution in [1.29, 1.82) is 0 Å². The van der Waals surface area contributed by atoms with E-state index >= 15 is 0 Å². The predicted octanol–water partition coefficient (Wildman–Crippen LogP) is 1.82. The van der Waals surface area contributed by atoms with Gasteiger partial charge in [0, 0.05) is 13.1 Å². The van der Waals surface area contributed by atoms with Crippen molar-refractivity contribution in [2.75, 3.05) is 36.5 Å². The standard InChI is InChI=1S/C13H15N3O2.BrH/c1-18-12(17)9-16-11-6-3-2-5-10(11)15-8-4-7-14-13(15)16;/h2-3,5-6H,4,7-9H2,1H3;1H. The normalized spacial score (nSPS) is 16.2. The van der Waals surface area contributed by atoms with E-state index in [9.17, 15) is 4.79 Å². The first-order chi connectivity index (χ1) is 8.81. The number of carbonyl (C=O) groups excluding carboxylic acids is 1. The van der Waals surface area contributed by atoms with Crippen LogP contribution in [0.3, 0.4) is 0 Å². The number of ether oxygens (including phenoxy) is 1. The molecule has 1 aromatic rings. The van der Waals surface area contributed by atoms with Gasteiger partial charge in [-0.1, -0.05) is 12.1 Å². The minimum Gasteiger partial charge on any atom is -0.468 e. The molecule has 0 bridgehead atoms. The molecule has 0 unspecified atom stereocenters. The smallest absolute Gasteiger partial charge is 0.325 e. The number of rotatable bonds is 2. The van der Waals surface area contributed by atoms with Crippen molar-refractivity contribution in [3.63, 3.8) is 0 Å². The molecule has 0 saturated heterocycles. The molecule has 6 heteroatoms. The summed E-state index contributed by atoms with van der Waals surface area (Å²) in [4.78, 5) is 20.1. The summed E-state index contributed by atoms with van der Waals surface area (Å²) in [5.41, 5.74) is 2.16. The maximum absolute atomic E-state index is 11.5. The Hall–Kier alpha value is -1.56. The SMILES string of the molecule is Br.COC(=O)CN1C2=NCCCN2c2ccccc21. The Morgan fingerprint density at radius 3 is 2.84 bits per heavy atom. The van der Waals surface area contributed by atoms with Crippen LogP contribution in [-0.4, -0.2) is 38.7 Å². The van der Waals surface area contributed by atoms with Crippen LogP contribution < -0.4 is 9.80 Å². The van der Waals surface area contributed by atoms with E-state index in [0.29, 0.717) is 0 Å². The maximum atomic E-state index is 11.5. The summed E-state index contributed by atoms with van der Waals surface area (Å²) >= 11 is 0. The average molecular weight is 326 g/mol. The van der Waals surface area contributed by atoms with Crippen molar-refractivity contribution in [2.45, 2.75) is 6.42 Å². The quantitative estimate of drug-likeness (QED) is 0.778. The van der Waals surface area contributed by atoms with Gasteiger partial charge in [-0.3, -0.25) is 14.7 Å². The van der Waals surface area contributed by atoms with Crippen LogP contribution in [-0.2, 0) is 9.53 Å². The third-order valence-electron chi connectivity index (χ3n) is 3.25. The van der Waals surface area contributed by atoms with Gasteiger partial charge in [0.2, 0.25) is 5.96 Å². The lowest BCUT2D eigenvalue weighted by Crippen LogP contribution is -2.44. The summed E-state index contributed by atoms with van der Waals surface area (Å²) in [5, 5.41) is 0. The molecule has 2 aliphatic rings. The molecule has 1 aromatic carbocycles. The van der Waals surface area contributed by atoms with Gasteiger partial charge in [-0.15, -0.1) is 17.0 Å². The van der Waals surface area contributed by atoms with Crippen LogP contribution in [0.15, 0.2) is 29.3 Å². The van der Waals surface area contributed by atoms with Gasteiger partial charge in [-0.2, -0.15) is 0 Å². The largest absolute Gasteiger partial charge is 0.468 e. The van der Waals surface area contributed by atoms with Gasteiger partial charge in [-0.05, 0) is 18.6 Å². The molecule has 0 spiro atoms. The van der Waals surface area contributed by atoms with E-state index in [2.05, 4.69) is 16.0 Å². The second-order valence-corrected chi connectivity index (χ2v) is 4.34. The van der Waals surface area contributed by atoms with Crippen LogP contribution >= 0.6 is 17.0 Å². The molecule has 0 saturated carbocycles. The summed E-state index contributed by atoms with van der Waals surface area (Å²) in [6, 6.07) is 8.06. The van der Waals surface area contributed by atoms with Gasteiger partial charge < -0.3 is 9.64 Å². The Balaban J connectivity index is 0.00000133. The second kappa shape index (κ2) is 5.61. The van der Waals surface area contributed by atoms with Crippen LogP contribution in [0.25, 0.3) is 0 Å². The first kappa shape index (κ1) is 13.9. The van der Waals surface area contributed by atoms with E-state index in [-0.39, 0.29) is 29.5 Å². The highest BCUT2D eigenvalue weighted by atomic mass is 79.9. The monoisotopic (exact) mass is 325 g/mol. The van der Waals surface area contributed by atoms with Crippen LogP contribution in [0.5, 0.6) is 0 Å². The number of carbonyl (C=O) groups is 1. The molecule has 0 aromatic heterocycles. The molecular weight excluding hydrogens is 310 g/mol. The van der Waals surface area contributed by atoms with Crippen LogP contribution in [0.4, 0.5) is 11.4 Å². The summed E-state index contributed by atoms with van der Waals surface area (Å²) in [6.45, 7) is 1.98. The van der Waals surface area contributed by atoms with Gasteiger partial charge in [0.05, 0.1) is 18.5 Å². The first-order valence-corrected chi connectivity index (χ1v) is 6.06. The van der Waals surface area contributed by atoms with E-state index in [4.69, 9.17) is 4.74 Å². The van der Waals surface area contributed by atoms with Gasteiger partial charge >= 0.3 is 5.97 Å². The van der Waals surface area contributed by atoms with Crippen LogP contribution in [0, 0.1) is 0 Å². The summed E-state index contributed by atoms with van der Waals surface area (Å²) < 4.78 is 4.75. The van der Waals surface area contributed by atoms with Gasteiger partial charge in [0.25, 0.3) is 0 Å². The van der Waals surface area contributed by atoms with Gasteiger partial charge in [0.15, 0.2) is 0 Å². The van der Waals surface area contributed by atoms with Gasteiger partial charge in [-0.25, -0.2) is 0 Å². The summed E-state index contributed by atoms with van der Waals surface area (Å²) in [5.74, 6) is 0.618. The molecule has 19 heavy (non-hydrogen) atoms. The number of nitrogens with zero attached hydrogens (tertiary/aromatic N) is 3. The second-order valence-electron chi connectivity index (χ2n) is 4.34. The highest BCUT2D eigenvalue weighted by Crippen LogP contribution is 2.37. The number of hydrogen-bond acceptors (Lipinski definition) is 5. The lowest BCUT2D eigenvalue weighted by molar-refractivity contribution is -0.138. The van der Waals surface area contributed by atoms with E-state index in [1.54, 1.807) is 0 Å². The number of methoxy groups -OCH3 is 1. The lowest BCUT2D eigenvalue weighted by Gasteiger charge is -2.26. The minimum absolute atomic E-state index is 0. The lowest BCUT2D eigenvalue weighted by atomic mass is 10.2. The molecule has 102 valence electrons. The molecule has 0 atom stereocenters. The molecule has 5 nitrogen and oxygen atoms in total. The number of benzene rings is 1. The topological polar surface area (TPSA) is 45.1 Å². The fourth-order valence-electron chi connectivity index (χ4n) is 2.43. The number of anilines is 2. The van der Waals surface area contributed by atoms with Crippen LogP contribution in [0.1, 0.15) is 6.42 Å². The van der Waals surface area contributed by atoms with E-state index in [1.807, 2.05) is 23.1 Å². The molecule has 0 radical (unpaired) electrons. The van der Waals surface area contributed by atoms with E-state index < -0.39 is 0 Å². The molecular formula is C13H16BrN3O2. The number of aliphatic imine (C=N–C) groups is 1. The van der Waals surface area contributed by atoms with Crippen LogP contribution in [0.2, 0.25) is 0 Å². The zero-order valence-electron chi connectivity index (χ0n) is 10.7. The number of para-hydroxylation sites is 2. The van der Waals surface area contributed by atoms with E-state index in [1.165, 1.54) is 7.11 Å². The maximum Gasteiger partial charge on any atom is 0.325 e. The zero-order valence-corrected chi connectivity index (χ0v) is 12.4. The van der Waals surface area contributed by atoms with Crippen molar-refractivity contribution in [3.05, 3.63) is 24.3 Å². The zero-order chi connectivity index (χ0) is 12.5. The Bertz CT molecular complexity index is 518. The summed E-state index contributed by atoms with van der Waals surface area (Å²) in [6.07, 6.45) is 1.05. The first-order valence-electron chi connectivity index (χ1n) is 6.06. The summed E-state index contributed by atoms with van der Waals surface area (Å²) in [7, 11) is 1.41. The van der Waals surface area contributed by atoms with Crippen molar-refractivity contribution < 1.29 is 9.53 Å².